The van der Waals surface area contributed by atoms with E-state index in [4.69, 9.17) is 9.78 Å². The molecule has 0 aromatic carbocycles. The Hall–Kier alpha value is -2.23. The van der Waals surface area contributed by atoms with Crippen LogP contribution in [0.3, 0.4) is 0 Å². The highest BCUT2D eigenvalue weighted by Crippen LogP contribution is 2.38. The van der Waals surface area contributed by atoms with Gasteiger partial charge in [0.25, 0.3) is 5.82 Å². The number of aromatic nitrogens is 5. The van der Waals surface area contributed by atoms with Gasteiger partial charge in [0, 0.05) is 5.92 Å². The maximum absolute atomic E-state index is 8.56. The summed E-state index contributed by atoms with van der Waals surface area (Å²) in [6.45, 7) is 0.380. The summed E-state index contributed by atoms with van der Waals surface area (Å²) < 4.78 is 6.62. The first-order valence-electron chi connectivity index (χ1n) is 4.97. The van der Waals surface area contributed by atoms with Crippen molar-refractivity contribution in [2.75, 3.05) is 0 Å². The van der Waals surface area contributed by atoms with Crippen molar-refractivity contribution in [1.29, 1.82) is 5.26 Å². The topological polar surface area (TPSA) is 93.4 Å². The second-order valence-electron chi connectivity index (χ2n) is 3.70. The zero-order chi connectivity index (χ0) is 11.0. The normalized spacial score (nSPS) is 14.9. The van der Waals surface area contributed by atoms with E-state index in [9.17, 15) is 0 Å². The molecule has 0 spiro atoms. The van der Waals surface area contributed by atoms with Crippen molar-refractivity contribution in [2.24, 2.45) is 0 Å². The summed E-state index contributed by atoms with van der Waals surface area (Å²) in [5.41, 5.74) is 0. The van der Waals surface area contributed by atoms with Crippen LogP contribution in [0.1, 0.15) is 36.3 Å². The van der Waals surface area contributed by atoms with Crippen LogP contribution >= 0.6 is 0 Å². The Morgan fingerprint density at radius 3 is 3.12 bits per heavy atom. The van der Waals surface area contributed by atoms with E-state index in [0.717, 1.165) is 12.8 Å². The molecule has 0 amide bonds. The highest BCUT2D eigenvalue weighted by atomic mass is 16.5. The van der Waals surface area contributed by atoms with Gasteiger partial charge in [-0.25, -0.2) is 9.67 Å². The van der Waals surface area contributed by atoms with Gasteiger partial charge in [-0.1, -0.05) is 5.16 Å². The van der Waals surface area contributed by atoms with E-state index in [-0.39, 0.29) is 5.82 Å². The molecule has 1 aliphatic carbocycles. The van der Waals surface area contributed by atoms with Gasteiger partial charge in [0.2, 0.25) is 5.89 Å². The van der Waals surface area contributed by atoms with E-state index >= 15 is 0 Å². The van der Waals surface area contributed by atoms with Crippen molar-refractivity contribution in [3.05, 3.63) is 23.9 Å². The Morgan fingerprint density at radius 1 is 1.56 bits per heavy atom. The van der Waals surface area contributed by atoms with E-state index in [0.29, 0.717) is 24.2 Å². The minimum Gasteiger partial charge on any atom is -0.339 e. The van der Waals surface area contributed by atoms with E-state index in [1.165, 1.54) is 11.0 Å². The fourth-order valence-corrected chi connectivity index (χ4v) is 1.39. The molecule has 2 aromatic heterocycles. The first-order valence-corrected chi connectivity index (χ1v) is 4.97. The minimum atomic E-state index is 0.144. The third-order valence-corrected chi connectivity index (χ3v) is 2.35. The maximum Gasteiger partial charge on any atom is 0.252 e. The Kier molecular flexibility index (Phi) is 1.93. The highest BCUT2D eigenvalue weighted by Gasteiger charge is 2.29. The molecule has 7 heteroatoms. The second-order valence-corrected chi connectivity index (χ2v) is 3.70. The molecule has 16 heavy (non-hydrogen) atoms. The van der Waals surface area contributed by atoms with Gasteiger partial charge < -0.3 is 4.52 Å². The van der Waals surface area contributed by atoms with Gasteiger partial charge in [-0.15, -0.1) is 5.10 Å². The average Bonchev–Trinajstić information content (AvgIpc) is 2.88. The van der Waals surface area contributed by atoms with Crippen LogP contribution in [-0.4, -0.2) is 24.9 Å². The van der Waals surface area contributed by atoms with E-state index in [2.05, 4.69) is 20.2 Å². The predicted molar refractivity (Wildman–Crippen MR) is 50.1 cm³/mol. The van der Waals surface area contributed by atoms with Gasteiger partial charge in [0.15, 0.2) is 5.82 Å². The smallest absolute Gasteiger partial charge is 0.252 e. The molecule has 0 N–H and O–H groups in total. The van der Waals surface area contributed by atoms with Crippen LogP contribution in [-0.2, 0) is 6.54 Å². The summed E-state index contributed by atoms with van der Waals surface area (Å²) in [6, 6.07) is 1.86. The van der Waals surface area contributed by atoms with Crippen LogP contribution in [0.4, 0.5) is 0 Å². The predicted octanol–water partition coefficient (Wildman–Crippen LogP) is 0.458. The number of nitriles is 1. The minimum absolute atomic E-state index is 0.144. The monoisotopic (exact) mass is 216 g/mol. The molecule has 0 unspecified atom stereocenters. The standard InChI is InChI=1S/C9H8N6O/c10-3-7-11-5-15(13-7)4-8-12-9(16-14-8)6-1-2-6/h5-6H,1-2,4H2. The fraction of sp³-hybridized carbons (Fsp3) is 0.444. The summed E-state index contributed by atoms with van der Waals surface area (Å²) >= 11 is 0. The van der Waals surface area contributed by atoms with Crippen LogP contribution in [0.25, 0.3) is 0 Å². The van der Waals surface area contributed by atoms with Crippen molar-refractivity contribution < 1.29 is 4.52 Å². The van der Waals surface area contributed by atoms with Crippen molar-refractivity contribution in [1.82, 2.24) is 24.9 Å². The summed E-state index contributed by atoms with van der Waals surface area (Å²) in [5.74, 6) is 1.87. The summed E-state index contributed by atoms with van der Waals surface area (Å²) in [4.78, 5) is 8.04. The molecule has 1 fully saturated rings. The molecular formula is C9H8N6O. The van der Waals surface area contributed by atoms with Gasteiger partial charge in [0.05, 0.1) is 0 Å². The molecule has 0 aliphatic heterocycles. The van der Waals surface area contributed by atoms with E-state index < -0.39 is 0 Å². The number of nitrogens with zero attached hydrogens (tertiary/aromatic N) is 6. The molecule has 80 valence electrons. The van der Waals surface area contributed by atoms with Gasteiger partial charge >= 0.3 is 0 Å². The molecule has 0 radical (unpaired) electrons. The molecule has 3 rings (SSSR count). The molecular weight excluding hydrogens is 208 g/mol. The zero-order valence-corrected chi connectivity index (χ0v) is 8.37. The molecule has 7 nitrogen and oxygen atoms in total. The first-order chi connectivity index (χ1) is 7.85. The molecule has 2 heterocycles. The van der Waals surface area contributed by atoms with Crippen molar-refractivity contribution in [2.45, 2.75) is 25.3 Å². The van der Waals surface area contributed by atoms with Crippen molar-refractivity contribution in [3.8, 4) is 6.07 Å². The van der Waals surface area contributed by atoms with Gasteiger partial charge in [0.1, 0.15) is 18.9 Å². The lowest BCUT2D eigenvalue weighted by atomic mass is 10.4. The van der Waals surface area contributed by atoms with E-state index in [1.54, 1.807) is 0 Å². The third kappa shape index (κ3) is 1.65. The fourth-order valence-electron chi connectivity index (χ4n) is 1.39. The van der Waals surface area contributed by atoms with E-state index in [1.807, 2.05) is 6.07 Å². The largest absolute Gasteiger partial charge is 0.339 e. The average molecular weight is 216 g/mol. The third-order valence-electron chi connectivity index (χ3n) is 2.35. The Bertz CT molecular complexity index is 546. The first kappa shape index (κ1) is 9.03. The van der Waals surface area contributed by atoms with Crippen LogP contribution in [0.5, 0.6) is 0 Å². The zero-order valence-electron chi connectivity index (χ0n) is 8.37. The van der Waals surface area contributed by atoms with Crippen molar-refractivity contribution in [3.63, 3.8) is 0 Å². The molecule has 1 saturated carbocycles. The number of rotatable bonds is 3. The van der Waals surface area contributed by atoms with Crippen LogP contribution in [0, 0.1) is 11.3 Å². The second kappa shape index (κ2) is 3.41. The highest BCUT2D eigenvalue weighted by molar-refractivity contribution is 5.06. The maximum atomic E-state index is 8.56. The molecule has 0 atom stereocenters. The van der Waals surface area contributed by atoms with Gasteiger partial charge in [-0.05, 0) is 12.8 Å². The molecule has 1 aliphatic rings. The molecule has 0 bridgehead atoms. The summed E-state index contributed by atoms with van der Waals surface area (Å²) in [7, 11) is 0. The number of hydrogen-bond acceptors (Lipinski definition) is 6. The lowest BCUT2D eigenvalue weighted by Gasteiger charge is -1.91. The molecule has 2 aromatic rings. The lowest BCUT2D eigenvalue weighted by Crippen LogP contribution is -2.02. The Balaban J connectivity index is 1.75. The van der Waals surface area contributed by atoms with Gasteiger partial charge in [-0.2, -0.15) is 10.2 Å². The SMILES string of the molecule is N#Cc1ncn(Cc2noc(C3CC3)n2)n1. The van der Waals surface area contributed by atoms with Crippen LogP contribution < -0.4 is 0 Å². The lowest BCUT2D eigenvalue weighted by molar-refractivity contribution is 0.372. The summed E-state index contributed by atoms with van der Waals surface area (Å²) in [5, 5.41) is 16.3. The molecule has 0 saturated heterocycles. The van der Waals surface area contributed by atoms with Crippen molar-refractivity contribution >= 4 is 0 Å². The van der Waals surface area contributed by atoms with Gasteiger partial charge in [-0.3, -0.25) is 0 Å². The number of hydrogen-bond donors (Lipinski definition) is 0. The van der Waals surface area contributed by atoms with Crippen LogP contribution in [0.15, 0.2) is 10.9 Å². The Morgan fingerprint density at radius 2 is 2.44 bits per heavy atom. The Labute approximate surface area is 90.7 Å². The van der Waals surface area contributed by atoms with Crippen LogP contribution in [0.2, 0.25) is 0 Å². The summed E-state index contributed by atoms with van der Waals surface area (Å²) in [6.07, 6.45) is 3.73. The quantitative estimate of drug-likeness (QED) is 0.739.